The van der Waals surface area contributed by atoms with E-state index in [2.05, 4.69) is 19.7 Å². The third-order valence-electron chi connectivity index (χ3n) is 2.82. The van der Waals surface area contributed by atoms with Crippen LogP contribution in [0.3, 0.4) is 0 Å². The van der Waals surface area contributed by atoms with Gasteiger partial charge in [-0.3, -0.25) is 0 Å². The van der Waals surface area contributed by atoms with Crippen LogP contribution in [-0.4, -0.2) is 28.0 Å². The first-order valence-corrected chi connectivity index (χ1v) is 5.97. The number of rotatable bonds is 2. The maximum Gasteiger partial charge on any atom is 0.230 e. The third-order valence-corrected chi connectivity index (χ3v) is 3.45. The lowest BCUT2D eigenvalue weighted by molar-refractivity contribution is 0.390. The summed E-state index contributed by atoms with van der Waals surface area (Å²) in [4.78, 5) is 7.55. The van der Waals surface area contributed by atoms with E-state index in [1.807, 2.05) is 5.38 Å². The Morgan fingerprint density at radius 1 is 1.56 bits per heavy atom. The van der Waals surface area contributed by atoms with E-state index in [1.54, 1.807) is 13.4 Å². The fourth-order valence-electron chi connectivity index (χ4n) is 2.06. The second-order valence-corrected chi connectivity index (χ2v) is 4.31. The lowest BCUT2D eigenvalue weighted by Crippen LogP contribution is -2.30. The number of hydrogen-bond donors (Lipinski definition) is 2. The highest BCUT2D eigenvalue weighted by molar-refractivity contribution is 7.03. The van der Waals surface area contributed by atoms with Crippen molar-refractivity contribution < 1.29 is 4.74 Å². The highest BCUT2D eigenvalue weighted by atomic mass is 32.1. The Hall–Kier alpha value is -1.40. The van der Waals surface area contributed by atoms with E-state index in [0.717, 1.165) is 24.2 Å². The second-order valence-electron chi connectivity index (χ2n) is 3.68. The Morgan fingerprint density at radius 2 is 2.50 bits per heavy atom. The number of H-pyrrole nitrogens is 1. The lowest BCUT2D eigenvalue weighted by Gasteiger charge is -2.22. The van der Waals surface area contributed by atoms with E-state index in [-0.39, 0.29) is 6.04 Å². The average Bonchev–Trinajstić information content (AvgIpc) is 2.96. The molecule has 1 atom stereocenters. The lowest BCUT2D eigenvalue weighted by atomic mass is 10.0. The number of nitrogens with one attached hydrogen (secondary N) is 2. The van der Waals surface area contributed by atoms with E-state index in [4.69, 9.17) is 4.74 Å². The molecule has 0 aromatic carbocycles. The van der Waals surface area contributed by atoms with E-state index >= 15 is 0 Å². The first kappa shape index (κ1) is 9.80. The minimum absolute atomic E-state index is 0.101. The molecular weight excluding hydrogens is 224 g/mol. The molecule has 0 radical (unpaired) electrons. The number of aromatic amines is 1. The van der Waals surface area contributed by atoms with Crippen LogP contribution < -0.4 is 10.1 Å². The zero-order valence-corrected chi connectivity index (χ0v) is 9.67. The standard InChI is InChI=1S/C10H12N4OS/c1-15-10-6(4-16-14-10)8-9-7(2-3-11-8)12-5-13-9/h4-5,8,11H,2-3H2,1H3,(H,12,13). The van der Waals surface area contributed by atoms with Crippen LogP contribution in [0.2, 0.25) is 0 Å². The molecule has 1 aliphatic heterocycles. The van der Waals surface area contributed by atoms with Crippen molar-refractivity contribution in [2.45, 2.75) is 12.5 Å². The summed E-state index contributed by atoms with van der Waals surface area (Å²) in [7, 11) is 1.65. The second kappa shape index (κ2) is 3.88. The fourth-order valence-corrected chi connectivity index (χ4v) is 2.74. The molecule has 16 heavy (non-hydrogen) atoms. The zero-order valence-electron chi connectivity index (χ0n) is 8.86. The molecule has 1 aliphatic rings. The molecule has 2 aromatic rings. The minimum Gasteiger partial charge on any atom is -0.480 e. The van der Waals surface area contributed by atoms with Gasteiger partial charge in [0, 0.05) is 29.6 Å². The number of aromatic nitrogens is 3. The van der Waals surface area contributed by atoms with Crippen LogP contribution in [-0.2, 0) is 6.42 Å². The predicted octanol–water partition coefficient (Wildman–Crippen LogP) is 1.11. The van der Waals surface area contributed by atoms with Gasteiger partial charge in [0.15, 0.2) is 0 Å². The van der Waals surface area contributed by atoms with Crippen LogP contribution in [0.5, 0.6) is 5.88 Å². The number of nitrogens with zero attached hydrogens (tertiary/aromatic N) is 2. The molecule has 0 amide bonds. The maximum atomic E-state index is 5.25. The molecule has 0 spiro atoms. The molecule has 0 saturated heterocycles. The summed E-state index contributed by atoms with van der Waals surface area (Å²) in [6.45, 7) is 0.943. The molecule has 0 aliphatic carbocycles. The molecule has 0 fully saturated rings. The van der Waals surface area contributed by atoms with Crippen LogP contribution in [0.25, 0.3) is 0 Å². The minimum atomic E-state index is 0.101. The predicted molar refractivity (Wildman–Crippen MR) is 60.8 cm³/mol. The number of hydrogen-bond acceptors (Lipinski definition) is 5. The molecule has 0 bridgehead atoms. The van der Waals surface area contributed by atoms with Crippen LogP contribution in [0.1, 0.15) is 23.0 Å². The molecule has 3 rings (SSSR count). The summed E-state index contributed by atoms with van der Waals surface area (Å²) in [5.74, 6) is 0.693. The van der Waals surface area contributed by atoms with Gasteiger partial charge in [-0.15, -0.1) is 0 Å². The fraction of sp³-hybridized carbons (Fsp3) is 0.400. The molecule has 2 aromatic heterocycles. The van der Waals surface area contributed by atoms with E-state index in [9.17, 15) is 0 Å². The van der Waals surface area contributed by atoms with Crippen molar-refractivity contribution in [3.63, 3.8) is 0 Å². The largest absolute Gasteiger partial charge is 0.480 e. The van der Waals surface area contributed by atoms with Crippen molar-refractivity contribution >= 4 is 11.5 Å². The van der Waals surface area contributed by atoms with Crippen molar-refractivity contribution in [2.75, 3.05) is 13.7 Å². The van der Waals surface area contributed by atoms with Gasteiger partial charge in [0.2, 0.25) is 5.88 Å². The van der Waals surface area contributed by atoms with E-state index < -0.39 is 0 Å². The molecule has 3 heterocycles. The average molecular weight is 236 g/mol. The Kier molecular flexibility index (Phi) is 2.37. The molecule has 1 unspecified atom stereocenters. The van der Waals surface area contributed by atoms with Gasteiger partial charge >= 0.3 is 0 Å². The van der Waals surface area contributed by atoms with Crippen molar-refractivity contribution in [1.82, 2.24) is 19.7 Å². The summed E-state index contributed by atoms with van der Waals surface area (Å²) < 4.78 is 9.46. The molecule has 5 nitrogen and oxygen atoms in total. The molecular formula is C10H12N4OS. The number of imidazole rings is 1. The SMILES string of the molecule is COc1nscc1C1NCCc2[nH]cnc21. The van der Waals surface area contributed by atoms with Crippen LogP contribution >= 0.6 is 11.5 Å². The van der Waals surface area contributed by atoms with Gasteiger partial charge in [0.25, 0.3) is 0 Å². The van der Waals surface area contributed by atoms with Crippen molar-refractivity contribution in [1.29, 1.82) is 0 Å². The van der Waals surface area contributed by atoms with Gasteiger partial charge < -0.3 is 15.0 Å². The Bertz CT molecular complexity index is 492. The van der Waals surface area contributed by atoms with Gasteiger partial charge in [0.1, 0.15) is 0 Å². The monoisotopic (exact) mass is 236 g/mol. The highest BCUT2D eigenvalue weighted by Crippen LogP contribution is 2.32. The summed E-state index contributed by atoms with van der Waals surface area (Å²) in [5.41, 5.74) is 3.34. The smallest absolute Gasteiger partial charge is 0.230 e. The molecule has 6 heteroatoms. The van der Waals surface area contributed by atoms with Gasteiger partial charge in [0.05, 0.1) is 25.2 Å². The normalized spacial score (nSPS) is 19.4. The summed E-state index contributed by atoms with van der Waals surface area (Å²) in [6, 6.07) is 0.101. The van der Waals surface area contributed by atoms with Crippen molar-refractivity contribution in [3.8, 4) is 5.88 Å². The Balaban J connectivity index is 2.04. The van der Waals surface area contributed by atoms with Gasteiger partial charge in [-0.1, -0.05) is 0 Å². The van der Waals surface area contributed by atoms with Crippen LogP contribution in [0, 0.1) is 0 Å². The van der Waals surface area contributed by atoms with Crippen molar-refractivity contribution in [3.05, 3.63) is 28.7 Å². The molecule has 0 saturated carbocycles. The van der Waals surface area contributed by atoms with Crippen LogP contribution in [0.15, 0.2) is 11.7 Å². The highest BCUT2D eigenvalue weighted by Gasteiger charge is 2.27. The molecule has 2 N–H and O–H groups in total. The summed E-state index contributed by atoms with van der Waals surface area (Å²) >= 11 is 1.41. The van der Waals surface area contributed by atoms with Crippen LogP contribution in [0.4, 0.5) is 0 Å². The number of ether oxygens (including phenoxy) is 1. The summed E-state index contributed by atoms with van der Waals surface area (Å²) in [6.07, 6.45) is 2.74. The first-order chi connectivity index (χ1) is 7.90. The Labute approximate surface area is 97.0 Å². The van der Waals surface area contributed by atoms with Gasteiger partial charge in [-0.2, -0.15) is 4.37 Å². The summed E-state index contributed by atoms with van der Waals surface area (Å²) in [5, 5.41) is 5.46. The zero-order chi connectivity index (χ0) is 11.0. The first-order valence-electron chi connectivity index (χ1n) is 5.14. The van der Waals surface area contributed by atoms with Crippen molar-refractivity contribution in [2.24, 2.45) is 0 Å². The van der Waals surface area contributed by atoms with E-state index in [0.29, 0.717) is 5.88 Å². The molecule has 84 valence electrons. The quantitative estimate of drug-likeness (QED) is 0.820. The Morgan fingerprint density at radius 3 is 3.38 bits per heavy atom. The number of fused-ring (bicyclic) bond motifs is 1. The maximum absolute atomic E-state index is 5.25. The van der Waals surface area contributed by atoms with E-state index in [1.165, 1.54) is 17.2 Å². The topological polar surface area (TPSA) is 62.8 Å². The third kappa shape index (κ3) is 1.42. The van der Waals surface area contributed by atoms with Gasteiger partial charge in [-0.25, -0.2) is 4.98 Å². The number of methoxy groups -OCH3 is 1. The van der Waals surface area contributed by atoms with Gasteiger partial charge in [-0.05, 0) is 11.5 Å².